The van der Waals surface area contributed by atoms with Crippen LogP contribution in [0.1, 0.15) is 73.3 Å². The van der Waals surface area contributed by atoms with Gasteiger partial charge in [0.2, 0.25) is 0 Å². The molecule has 1 saturated carbocycles. The van der Waals surface area contributed by atoms with Gasteiger partial charge in [-0.05, 0) is 84.9 Å². The molecule has 0 amide bonds. The Labute approximate surface area is 164 Å². The van der Waals surface area contributed by atoms with E-state index in [0.717, 1.165) is 23.5 Å². The van der Waals surface area contributed by atoms with Gasteiger partial charge in [-0.15, -0.1) is 0 Å². The van der Waals surface area contributed by atoms with Gasteiger partial charge in [0.25, 0.3) is 0 Å². The average Bonchev–Trinajstić information content (AvgIpc) is 2.64. The zero-order chi connectivity index (χ0) is 18.5. The van der Waals surface area contributed by atoms with Gasteiger partial charge in [-0.3, -0.25) is 0 Å². The Morgan fingerprint density at radius 3 is 2.38 bits per heavy atom. The molecule has 3 rings (SSSR count). The molecule has 0 N–H and O–H groups in total. The van der Waals surface area contributed by atoms with Crippen molar-refractivity contribution in [3.05, 3.63) is 70.3 Å². The fourth-order valence-corrected chi connectivity index (χ4v) is 5.42. The van der Waals surface area contributed by atoms with E-state index >= 15 is 0 Å². The second-order valence-corrected chi connectivity index (χ2v) is 9.43. The lowest BCUT2D eigenvalue weighted by molar-refractivity contribution is 0.352. The molecule has 1 fully saturated rings. The zero-order valence-electron chi connectivity index (χ0n) is 16.9. The van der Waals surface area contributed by atoms with Gasteiger partial charge in [0.1, 0.15) is 0 Å². The normalized spacial score (nSPS) is 23.2. The molecule has 0 aromatic heterocycles. The van der Waals surface area contributed by atoms with Gasteiger partial charge in [-0.1, -0.05) is 62.7 Å². The second kappa shape index (κ2) is 9.13. The maximum atomic E-state index is 2.51. The van der Waals surface area contributed by atoms with Gasteiger partial charge >= 0.3 is 0 Å². The van der Waals surface area contributed by atoms with E-state index < -0.39 is 0 Å². The number of hydrogen-bond donors (Lipinski definition) is 0. The molecule has 3 unspecified atom stereocenters. The average molecular weight is 367 g/mol. The summed E-state index contributed by atoms with van der Waals surface area (Å²) in [4.78, 5) is 0. The quantitative estimate of drug-likeness (QED) is 0.522. The van der Waals surface area contributed by atoms with Crippen LogP contribution in [0.25, 0.3) is 0 Å². The smallest absolute Gasteiger partial charge is 0.00526 e. The molecular formula is C25H34S. The van der Waals surface area contributed by atoms with Gasteiger partial charge < -0.3 is 0 Å². The Bertz CT molecular complexity index is 701. The van der Waals surface area contributed by atoms with E-state index in [9.17, 15) is 0 Å². The molecule has 0 heterocycles. The summed E-state index contributed by atoms with van der Waals surface area (Å²) in [6.07, 6.45) is 9.83. The van der Waals surface area contributed by atoms with Crippen LogP contribution < -0.4 is 0 Å². The van der Waals surface area contributed by atoms with Crippen molar-refractivity contribution in [2.45, 2.75) is 70.5 Å². The van der Waals surface area contributed by atoms with Gasteiger partial charge in [0.05, 0.1) is 0 Å². The molecule has 1 aliphatic rings. The van der Waals surface area contributed by atoms with Crippen LogP contribution in [0, 0.1) is 12.8 Å². The van der Waals surface area contributed by atoms with E-state index in [0.29, 0.717) is 0 Å². The first-order chi connectivity index (χ1) is 12.6. The summed E-state index contributed by atoms with van der Waals surface area (Å²) in [7, 11) is 0. The minimum atomic E-state index is 0.738. The Morgan fingerprint density at radius 2 is 1.69 bits per heavy atom. The zero-order valence-corrected chi connectivity index (χ0v) is 17.7. The maximum Gasteiger partial charge on any atom is 0.00526 e. The topological polar surface area (TPSA) is 0 Å². The van der Waals surface area contributed by atoms with Crippen molar-refractivity contribution in [2.75, 3.05) is 6.26 Å². The molecule has 2 aromatic carbocycles. The summed E-state index contributed by atoms with van der Waals surface area (Å²) < 4.78 is 0. The monoisotopic (exact) mass is 366 g/mol. The van der Waals surface area contributed by atoms with Crippen molar-refractivity contribution in [3.8, 4) is 0 Å². The van der Waals surface area contributed by atoms with Crippen LogP contribution in [0.5, 0.6) is 0 Å². The molecule has 1 aliphatic carbocycles. The lowest BCUT2D eigenvalue weighted by Crippen LogP contribution is -2.21. The van der Waals surface area contributed by atoms with Crippen LogP contribution in [0.15, 0.2) is 42.5 Å². The van der Waals surface area contributed by atoms with Crippen LogP contribution in [-0.4, -0.2) is 11.5 Å². The van der Waals surface area contributed by atoms with E-state index in [-0.39, 0.29) is 0 Å². The number of hydrogen-bond acceptors (Lipinski definition) is 1. The second-order valence-electron chi connectivity index (χ2n) is 8.30. The van der Waals surface area contributed by atoms with Gasteiger partial charge in [-0.25, -0.2) is 0 Å². The molecular weight excluding hydrogens is 332 g/mol. The molecule has 0 saturated heterocycles. The van der Waals surface area contributed by atoms with Crippen LogP contribution in [-0.2, 0) is 12.8 Å². The Kier molecular flexibility index (Phi) is 6.86. The number of aryl methyl sites for hydroxylation is 2. The maximum absolute atomic E-state index is 2.51. The largest absolute Gasteiger partial charge is 0.162 e. The number of benzene rings is 2. The van der Waals surface area contributed by atoms with Crippen LogP contribution >= 0.6 is 11.8 Å². The van der Waals surface area contributed by atoms with Crippen molar-refractivity contribution in [2.24, 2.45) is 5.92 Å². The summed E-state index contributed by atoms with van der Waals surface area (Å²) in [5.74, 6) is 1.59. The number of rotatable bonds is 6. The molecule has 0 nitrogen and oxygen atoms in total. The fraction of sp³-hybridized carbons (Fsp3) is 0.520. The minimum Gasteiger partial charge on any atom is -0.162 e. The van der Waals surface area contributed by atoms with E-state index in [1.807, 2.05) is 0 Å². The molecule has 2 aromatic rings. The summed E-state index contributed by atoms with van der Waals surface area (Å²) >= 11 is 2.06. The predicted molar refractivity (Wildman–Crippen MR) is 117 cm³/mol. The molecule has 0 bridgehead atoms. The summed E-state index contributed by atoms with van der Waals surface area (Å²) in [6.45, 7) is 6.94. The van der Waals surface area contributed by atoms with E-state index in [2.05, 4.69) is 81.3 Å². The number of thioether (sulfide) groups is 1. The highest BCUT2D eigenvalue weighted by Crippen LogP contribution is 2.40. The van der Waals surface area contributed by atoms with E-state index in [4.69, 9.17) is 0 Å². The standard InChI is InChI=1S/C25H34S/c1-5-6-20-8-10-21(11-9-20)15-23-16-22(12-7-19(23)3)24-13-18(2)14-25(17-24)26-4/h7-12,16,18,24-25H,5-6,13-15,17H2,1-4H3. The highest BCUT2D eigenvalue weighted by atomic mass is 32.2. The third kappa shape index (κ3) is 4.94. The summed E-state index contributed by atoms with van der Waals surface area (Å²) in [5.41, 5.74) is 7.39. The van der Waals surface area contributed by atoms with Crippen molar-refractivity contribution in [1.29, 1.82) is 0 Å². The molecule has 0 radical (unpaired) electrons. The Balaban J connectivity index is 1.77. The van der Waals surface area contributed by atoms with Crippen LogP contribution in [0.2, 0.25) is 0 Å². The molecule has 0 spiro atoms. The lowest BCUT2D eigenvalue weighted by Gasteiger charge is -2.33. The summed E-state index contributed by atoms with van der Waals surface area (Å²) in [5, 5.41) is 0.833. The molecule has 0 aliphatic heterocycles. The van der Waals surface area contributed by atoms with Crippen LogP contribution in [0.3, 0.4) is 0 Å². The third-order valence-electron chi connectivity index (χ3n) is 6.03. The third-order valence-corrected chi connectivity index (χ3v) is 7.09. The van der Waals surface area contributed by atoms with Gasteiger partial charge in [0, 0.05) is 5.25 Å². The van der Waals surface area contributed by atoms with Crippen molar-refractivity contribution in [1.82, 2.24) is 0 Å². The van der Waals surface area contributed by atoms with E-state index in [1.54, 1.807) is 5.56 Å². The Morgan fingerprint density at radius 1 is 0.962 bits per heavy atom. The first kappa shape index (κ1) is 19.5. The SMILES string of the molecule is CCCc1ccc(Cc2cc(C3CC(C)CC(SC)C3)ccc2C)cc1. The predicted octanol–water partition coefficient (Wildman–Crippen LogP) is 7.17. The molecule has 1 heteroatoms. The van der Waals surface area contributed by atoms with Crippen LogP contribution in [0.4, 0.5) is 0 Å². The van der Waals surface area contributed by atoms with Crippen molar-refractivity contribution >= 4 is 11.8 Å². The lowest BCUT2D eigenvalue weighted by atomic mass is 9.78. The minimum absolute atomic E-state index is 0.738. The molecule has 140 valence electrons. The molecule has 26 heavy (non-hydrogen) atoms. The fourth-order valence-electron chi connectivity index (χ4n) is 4.47. The van der Waals surface area contributed by atoms with Gasteiger partial charge in [0.15, 0.2) is 0 Å². The highest BCUT2D eigenvalue weighted by molar-refractivity contribution is 7.99. The molecule has 3 atom stereocenters. The summed E-state index contributed by atoms with van der Waals surface area (Å²) in [6, 6.07) is 16.5. The highest BCUT2D eigenvalue weighted by Gasteiger charge is 2.27. The first-order valence-electron chi connectivity index (χ1n) is 10.3. The van der Waals surface area contributed by atoms with Crippen molar-refractivity contribution < 1.29 is 0 Å². The van der Waals surface area contributed by atoms with Crippen molar-refractivity contribution in [3.63, 3.8) is 0 Å². The first-order valence-corrected chi connectivity index (χ1v) is 11.6. The van der Waals surface area contributed by atoms with E-state index in [1.165, 1.54) is 54.4 Å². The Hall–Kier alpha value is -1.21. The van der Waals surface area contributed by atoms with Gasteiger partial charge in [-0.2, -0.15) is 11.8 Å².